The standard InChI is InChI=1S/C22H28ClN7O2S/c1-13(10-15-8-9-15)30-21(17-6-5-7-18(26-17)31-3)27-28-22(30)29-33-14(2)19(32-4)20-24-11-16(23)12-25-20/h5-7,11-15,19H,8-10H2,1-4H3,(H,28,29). The Balaban J connectivity index is 1.56. The van der Waals surface area contributed by atoms with Crippen LogP contribution in [-0.2, 0) is 4.74 Å². The lowest BCUT2D eigenvalue weighted by molar-refractivity contribution is 0.0972. The maximum absolute atomic E-state index is 5.93. The zero-order chi connectivity index (χ0) is 23.4. The molecule has 176 valence electrons. The summed E-state index contributed by atoms with van der Waals surface area (Å²) >= 11 is 7.41. The Morgan fingerprint density at radius 3 is 2.61 bits per heavy atom. The van der Waals surface area contributed by atoms with Crippen molar-refractivity contribution >= 4 is 29.5 Å². The van der Waals surface area contributed by atoms with Crippen molar-refractivity contribution in [1.82, 2.24) is 29.7 Å². The van der Waals surface area contributed by atoms with E-state index in [1.54, 1.807) is 26.6 Å². The Kier molecular flexibility index (Phi) is 7.67. The predicted molar refractivity (Wildman–Crippen MR) is 129 cm³/mol. The summed E-state index contributed by atoms with van der Waals surface area (Å²) in [6.45, 7) is 4.24. The van der Waals surface area contributed by atoms with Crippen molar-refractivity contribution in [2.24, 2.45) is 5.92 Å². The van der Waals surface area contributed by atoms with Gasteiger partial charge in [-0.2, -0.15) is 0 Å². The number of anilines is 1. The normalized spacial score (nSPS) is 16.3. The molecule has 1 N–H and O–H groups in total. The molecule has 1 fully saturated rings. The lowest BCUT2D eigenvalue weighted by Crippen LogP contribution is -2.19. The van der Waals surface area contributed by atoms with Crippen molar-refractivity contribution in [3.05, 3.63) is 41.4 Å². The highest BCUT2D eigenvalue weighted by molar-refractivity contribution is 8.01. The molecule has 0 radical (unpaired) electrons. The lowest BCUT2D eigenvalue weighted by Gasteiger charge is -2.22. The molecule has 3 unspecified atom stereocenters. The largest absolute Gasteiger partial charge is 0.481 e. The van der Waals surface area contributed by atoms with Crippen molar-refractivity contribution < 1.29 is 9.47 Å². The Morgan fingerprint density at radius 2 is 1.94 bits per heavy atom. The number of hydrogen-bond acceptors (Lipinski definition) is 9. The Hall–Kier alpha value is -2.43. The summed E-state index contributed by atoms with van der Waals surface area (Å²) in [5.41, 5.74) is 0.722. The van der Waals surface area contributed by atoms with Gasteiger partial charge in [0.05, 0.1) is 17.4 Å². The van der Waals surface area contributed by atoms with E-state index in [2.05, 4.69) is 41.4 Å². The molecule has 0 amide bonds. The first kappa shape index (κ1) is 23.7. The van der Waals surface area contributed by atoms with Crippen LogP contribution in [0.4, 0.5) is 5.95 Å². The molecule has 1 aliphatic carbocycles. The van der Waals surface area contributed by atoms with Crippen LogP contribution >= 0.6 is 23.5 Å². The molecule has 4 rings (SSSR count). The van der Waals surface area contributed by atoms with Crippen LogP contribution < -0.4 is 9.46 Å². The summed E-state index contributed by atoms with van der Waals surface area (Å²) in [6, 6.07) is 5.86. The molecule has 0 spiro atoms. The number of aromatic nitrogens is 6. The number of rotatable bonds is 11. The van der Waals surface area contributed by atoms with Gasteiger partial charge in [-0.05, 0) is 44.2 Å². The number of nitrogens with zero attached hydrogens (tertiary/aromatic N) is 6. The van der Waals surface area contributed by atoms with Gasteiger partial charge < -0.3 is 9.47 Å². The zero-order valence-corrected chi connectivity index (χ0v) is 20.7. The van der Waals surface area contributed by atoms with Gasteiger partial charge in [-0.3, -0.25) is 9.29 Å². The van der Waals surface area contributed by atoms with Crippen LogP contribution in [0, 0.1) is 5.92 Å². The van der Waals surface area contributed by atoms with Crippen LogP contribution in [0.5, 0.6) is 5.88 Å². The number of ether oxygens (including phenoxy) is 2. The second kappa shape index (κ2) is 10.7. The van der Waals surface area contributed by atoms with Gasteiger partial charge in [0.15, 0.2) is 11.6 Å². The SMILES string of the molecule is COc1cccc(-c2nnc(NSC(C)C(OC)c3ncc(Cl)cn3)n2C(C)CC2CC2)n1. The molecule has 0 aromatic carbocycles. The number of methoxy groups -OCH3 is 2. The van der Waals surface area contributed by atoms with E-state index < -0.39 is 0 Å². The molecular weight excluding hydrogens is 462 g/mol. The highest BCUT2D eigenvalue weighted by Crippen LogP contribution is 2.39. The molecule has 3 aromatic rings. The molecule has 11 heteroatoms. The summed E-state index contributed by atoms with van der Waals surface area (Å²) in [5, 5.41) is 9.39. The summed E-state index contributed by atoms with van der Waals surface area (Å²) < 4.78 is 16.5. The van der Waals surface area contributed by atoms with Crippen LogP contribution in [0.3, 0.4) is 0 Å². The Morgan fingerprint density at radius 1 is 1.18 bits per heavy atom. The second-order valence-corrected chi connectivity index (χ2v) is 9.77. The van der Waals surface area contributed by atoms with E-state index >= 15 is 0 Å². The van der Waals surface area contributed by atoms with Crippen molar-refractivity contribution in [3.63, 3.8) is 0 Å². The summed E-state index contributed by atoms with van der Waals surface area (Å²) in [5.74, 6) is 3.26. The fourth-order valence-electron chi connectivity index (χ4n) is 3.73. The van der Waals surface area contributed by atoms with Crippen LogP contribution in [-0.4, -0.2) is 49.2 Å². The van der Waals surface area contributed by atoms with Crippen molar-refractivity contribution in [3.8, 4) is 17.4 Å². The van der Waals surface area contributed by atoms with Gasteiger partial charge in [0, 0.05) is 31.6 Å². The van der Waals surface area contributed by atoms with Gasteiger partial charge >= 0.3 is 0 Å². The average Bonchev–Trinajstić information content (AvgIpc) is 3.54. The van der Waals surface area contributed by atoms with Gasteiger partial charge in [-0.25, -0.2) is 15.0 Å². The summed E-state index contributed by atoms with van der Waals surface area (Å²) in [6.07, 6.45) is 6.46. The van der Waals surface area contributed by atoms with E-state index in [4.69, 9.17) is 21.1 Å². The third kappa shape index (κ3) is 5.74. The van der Waals surface area contributed by atoms with Crippen LogP contribution in [0.2, 0.25) is 5.02 Å². The Bertz CT molecular complexity index is 1060. The number of halogens is 1. The minimum Gasteiger partial charge on any atom is -0.481 e. The van der Waals surface area contributed by atoms with Crippen LogP contribution in [0.25, 0.3) is 11.5 Å². The molecule has 3 heterocycles. The third-order valence-corrected chi connectivity index (χ3v) is 6.70. The average molecular weight is 490 g/mol. The first-order valence-corrected chi connectivity index (χ1v) is 12.1. The van der Waals surface area contributed by atoms with E-state index in [0.717, 1.165) is 18.0 Å². The molecule has 33 heavy (non-hydrogen) atoms. The fraction of sp³-hybridized carbons (Fsp3) is 0.500. The summed E-state index contributed by atoms with van der Waals surface area (Å²) in [4.78, 5) is 13.2. The van der Waals surface area contributed by atoms with Gasteiger partial charge in [0.1, 0.15) is 11.8 Å². The number of nitrogens with one attached hydrogen (secondary N) is 1. The zero-order valence-electron chi connectivity index (χ0n) is 19.1. The second-order valence-electron chi connectivity index (χ2n) is 8.15. The van der Waals surface area contributed by atoms with Crippen molar-refractivity contribution in [1.29, 1.82) is 0 Å². The lowest BCUT2D eigenvalue weighted by atomic mass is 10.1. The molecule has 9 nitrogen and oxygen atoms in total. The van der Waals surface area contributed by atoms with Gasteiger partial charge in [-0.15, -0.1) is 10.2 Å². The molecule has 3 atom stereocenters. The van der Waals surface area contributed by atoms with Gasteiger partial charge in [0.2, 0.25) is 11.8 Å². The summed E-state index contributed by atoms with van der Waals surface area (Å²) in [7, 11) is 3.25. The maximum atomic E-state index is 5.93. The number of pyridine rings is 1. The van der Waals surface area contributed by atoms with E-state index in [-0.39, 0.29) is 17.4 Å². The third-order valence-electron chi connectivity index (χ3n) is 5.58. The molecule has 0 bridgehead atoms. The van der Waals surface area contributed by atoms with Crippen molar-refractivity contribution in [2.45, 2.75) is 50.5 Å². The minimum absolute atomic E-state index is 0.0153. The maximum Gasteiger partial charge on any atom is 0.235 e. The molecular formula is C22H28ClN7O2S. The van der Waals surface area contributed by atoms with E-state index in [9.17, 15) is 0 Å². The van der Waals surface area contributed by atoms with E-state index in [0.29, 0.717) is 28.5 Å². The first-order chi connectivity index (χ1) is 16.0. The van der Waals surface area contributed by atoms with Crippen LogP contribution in [0.1, 0.15) is 51.1 Å². The van der Waals surface area contributed by atoms with E-state index in [1.807, 2.05) is 25.1 Å². The first-order valence-electron chi connectivity index (χ1n) is 10.9. The molecule has 3 aromatic heterocycles. The predicted octanol–water partition coefficient (Wildman–Crippen LogP) is 4.99. The quantitative estimate of drug-likeness (QED) is 0.373. The fourth-order valence-corrected chi connectivity index (χ4v) is 4.62. The molecule has 0 aliphatic heterocycles. The molecule has 0 saturated heterocycles. The molecule has 1 aliphatic rings. The van der Waals surface area contributed by atoms with E-state index in [1.165, 1.54) is 24.8 Å². The highest BCUT2D eigenvalue weighted by Gasteiger charge is 2.29. The number of hydrogen-bond donors (Lipinski definition) is 1. The topological polar surface area (TPSA) is 99.9 Å². The van der Waals surface area contributed by atoms with Gasteiger partial charge in [-0.1, -0.05) is 30.5 Å². The smallest absolute Gasteiger partial charge is 0.235 e. The monoisotopic (exact) mass is 489 g/mol. The minimum atomic E-state index is -0.320. The van der Waals surface area contributed by atoms with Gasteiger partial charge in [0.25, 0.3) is 0 Å². The Labute approximate surface area is 202 Å². The molecule has 1 saturated carbocycles. The van der Waals surface area contributed by atoms with Crippen LogP contribution in [0.15, 0.2) is 30.6 Å². The highest BCUT2D eigenvalue weighted by atomic mass is 35.5. The van der Waals surface area contributed by atoms with Crippen molar-refractivity contribution in [2.75, 3.05) is 18.9 Å².